The third-order valence-corrected chi connectivity index (χ3v) is 4.92. The van der Waals surface area contributed by atoms with Crippen molar-refractivity contribution in [3.8, 4) is 11.1 Å². The molecule has 0 fully saturated rings. The first-order valence-corrected chi connectivity index (χ1v) is 6.76. The predicted octanol–water partition coefficient (Wildman–Crippen LogP) is 4.44. The zero-order chi connectivity index (χ0) is 10.1. The van der Waals surface area contributed by atoms with Crippen LogP contribution in [0.4, 0.5) is 5.00 Å². The first kappa shape index (κ1) is 10.1. The average molecular weight is 260 g/mol. The van der Waals surface area contributed by atoms with Gasteiger partial charge in [0.1, 0.15) is 8.82 Å². The van der Waals surface area contributed by atoms with Crippen LogP contribution in [-0.2, 0) is 0 Å². The van der Waals surface area contributed by atoms with E-state index in [1.165, 1.54) is 20.7 Å². The molecule has 1 nitrogen and oxygen atoms in total. The quantitative estimate of drug-likeness (QED) is 0.605. The van der Waals surface area contributed by atoms with E-state index in [1.807, 2.05) is 24.3 Å². The van der Waals surface area contributed by atoms with Crippen LogP contribution in [0.5, 0.6) is 0 Å². The number of hydrogen-bond acceptors (Lipinski definition) is 4. The maximum Gasteiger partial charge on any atom is 0.111 e. The van der Waals surface area contributed by atoms with Crippen LogP contribution in [0.3, 0.4) is 0 Å². The third-order valence-electron chi connectivity index (χ3n) is 1.79. The van der Waals surface area contributed by atoms with Gasteiger partial charge in [0, 0.05) is 10.6 Å². The lowest BCUT2D eigenvalue weighted by atomic mass is 10.1. The van der Waals surface area contributed by atoms with Crippen LogP contribution < -0.4 is 5.73 Å². The highest BCUT2D eigenvalue weighted by Gasteiger charge is 2.07. The minimum atomic E-state index is 0.720. The summed E-state index contributed by atoms with van der Waals surface area (Å²) in [5.74, 6) is 0. The van der Waals surface area contributed by atoms with Crippen LogP contribution >= 0.6 is 44.5 Å². The summed E-state index contributed by atoms with van der Waals surface area (Å²) in [4.78, 5) is 0. The van der Waals surface area contributed by atoms with Crippen molar-refractivity contribution in [3.63, 3.8) is 0 Å². The van der Waals surface area contributed by atoms with E-state index in [1.54, 1.807) is 0 Å². The molecule has 0 amide bonds. The van der Waals surface area contributed by atoms with E-state index >= 15 is 0 Å². The second-order valence-electron chi connectivity index (χ2n) is 2.70. The zero-order valence-electron chi connectivity index (χ0n) is 6.99. The van der Waals surface area contributed by atoms with Gasteiger partial charge in [-0.05, 0) is 17.7 Å². The zero-order valence-corrected chi connectivity index (χ0v) is 10.2. The number of nitrogens with two attached hydrogens (primary N) is 1. The molecule has 1 aromatic heterocycles. The molecule has 0 aliphatic carbocycles. The highest BCUT2D eigenvalue weighted by molar-refractivity contribution is 7.80. The lowest BCUT2D eigenvalue weighted by Crippen LogP contribution is -1.83. The highest BCUT2D eigenvalue weighted by atomic mass is 35.5. The lowest BCUT2D eigenvalue weighted by molar-refractivity contribution is 1.67. The second kappa shape index (κ2) is 3.98. The van der Waals surface area contributed by atoms with E-state index in [2.05, 4.69) is 0 Å². The van der Waals surface area contributed by atoms with Gasteiger partial charge in [-0.15, -0.1) is 0 Å². The largest absolute Gasteiger partial charge is 0.389 e. The summed E-state index contributed by atoms with van der Waals surface area (Å²) in [5, 5.41) is 1.50. The summed E-state index contributed by atoms with van der Waals surface area (Å²) in [5.41, 5.74) is 7.84. The van der Waals surface area contributed by atoms with Crippen LogP contribution in [0.2, 0.25) is 5.02 Å². The number of rotatable bonds is 1. The Balaban J connectivity index is 2.60. The van der Waals surface area contributed by atoms with Gasteiger partial charge >= 0.3 is 0 Å². The first-order chi connectivity index (χ1) is 6.68. The molecule has 14 heavy (non-hydrogen) atoms. The SMILES string of the molecule is Nc1ssc(=S)c1-c1ccc(Cl)cc1. The normalized spacial score (nSPS) is 10.4. The van der Waals surface area contributed by atoms with Crippen molar-refractivity contribution in [1.29, 1.82) is 0 Å². The fraction of sp³-hybridized carbons (Fsp3) is 0. The van der Waals surface area contributed by atoms with Crippen molar-refractivity contribution in [3.05, 3.63) is 33.1 Å². The number of benzene rings is 1. The number of nitrogen functional groups attached to an aromatic ring is 1. The standard InChI is InChI=1S/C9H6ClNS3/c10-6-3-1-5(2-4-6)7-8(11)13-14-9(7)12/h1-4H,11H2. The Morgan fingerprint density at radius 2 is 1.79 bits per heavy atom. The van der Waals surface area contributed by atoms with Crippen molar-refractivity contribution in [2.75, 3.05) is 5.73 Å². The smallest absolute Gasteiger partial charge is 0.111 e. The lowest BCUT2D eigenvalue weighted by Gasteiger charge is -1.98. The van der Waals surface area contributed by atoms with E-state index in [4.69, 9.17) is 29.6 Å². The summed E-state index contributed by atoms with van der Waals surface area (Å²) >= 11 is 11.0. The third kappa shape index (κ3) is 1.83. The molecule has 0 bridgehead atoms. The van der Waals surface area contributed by atoms with Gasteiger partial charge in [-0.1, -0.05) is 56.6 Å². The van der Waals surface area contributed by atoms with Gasteiger partial charge in [-0.25, -0.2) is 0 Å². The maximum atomic E-state index is 5.84. The van der Waals surface area contributed by atoms with E-state index in [0.717, 1.165) is 25.0 Å². The average Bonchev–Trinajstić information content (AvgIpc) is 2.49. The fourth-order valence-electron chi connectivity index (χ4n) is 1.14. The Labute approximate surface area is 99.2 Å². The molecular formula is C9H6ClNS3. The summed E-state index contributed by atoms with van der Waals surface area (Å²) in [6, 6.07) is 7.55. The topological polar surface area (TPSA) is 26.0 Å². The Kier molecular flexibility index (Phi) is 2.88. The van der Waals surface area contributed by atoms with E-state index in [9.17, 15) is 0 Å². The van der Waals surface area contributed by atoms with Gasteiger partial charge < -0.3 is 5.73 Å². The van der Waals surface area contributed by atoms with Gasteiger partial charge in [0.2, 0.25) is 0 Å². The minimum absolute atomic E-state index is 0.720. The molecule has 0 saturated heterocycles. The maximum absolute atomic E-state index is 5.84. The van der Waals surface area contributed by atoms with Crippen molar-refractivity contribution in [1.82, 2.24) is 0 Å². The summed E-state index contributed by atoms with van der Waals surface area (Å²) in [6.07, 6.45) is 0. The van der Waals surface area contributed by atoms with Gasteiger partial charge in [-0.2, -0.15) is 0 Å². The van der Waals surface area contributed by atoms with Crippen molar-refractivity contribution >= 4 is 49.5 Å². The molecule has 1 heterocycles. The van der Waals surface area contributed by atoms with Crippen LogP contribution in [0.25, 0.3) is 11.1 Å². The van der Waals surface area contributed by atoms with Crippen molar-refractivity contribution < 1.29 is 0 Å². The van der Waals surface area contributed by atoms with Gasteiger partial charge in [0.05, 0.1) is 0 Å². The van der Waals surface area contributed by atoms with E-state index < -0.39 is 0 Å². The highest BCUT2D eigenvalue weighted by Crippen LogP contribution is 2.36. The predicted molar refractivity (Wildman–Crippen MR) is 67.9 cm³/mol. The molecule has 2 rings (SSSR count). The summed E-state index contributed by atoms with van der Waals surface area (Å²) < 4.78 is 0.842. The van der Waals surface area contributed by atoms with Crippen LogP contribution in [0.15, 0.2) is 24.3 Å². The Hall–Kier alpha value is -0.420. The fourth-order valence-corrected chi connectivity index (χ4v) is 3.71. The number of hydrogen-bond donors (Lipinski definition) is 1. The van der Waals surface area contributed by atoms with Crippen LogP contribution in [0.1, 0.15) is 0 Å². The molecule has 72 valence electrons. The van der Waals surface area contributed by atoms with Crippen LogP contribution in [-0.4, -0.2) is 0 Å². The second-order valence-corrected chi connectivity index (χ2v) is 5.98. The number of halogens is 1. The van der Waals surface area contributed by atoms with Gasteiger partial charge in [0.15, 0.2) is 0 Å². The first-order valence-electron chi connectivity index (χ1n) is 3.83. The van der Waals surface area contributed by atoms with Gasteiger partial charge in [-0.3, -0.25) is 0 Å². The van der Waals surface area contributed by atoms with Gasteiger partial charge in [0.25, 0.3) is 0 Å². The molecule has 0 aliphatic rings. The van der Waals surface area contributed by atoms with Crippen molar-refractivity contribution in [2.45, 2.75) is 0 Å². The molecule has 0 aliphatic heterocycles. The molecular weight excluding hydrogens is 254 g/mol. The molecule has 0 radical (unpaired) electrons. The Morgan fingerprint density at radius 3 is 2.29 bits per heavy atom. The molecule has 0 atom stereocenters. The Morgan fingerprint density at radius 1 is 1.14 bits per heavy atom. The minimum Gasteiger partial charge on any atom is -0.389 e. The molecule has 1 aromatic carbocycles. The molecule has 5 heteroatoms. The molecule has 2 aromatic rings. The van der Waals surface area contributed by atoms with Crippen LogP contribution in [0, 0.1) is 3.82 Å². The molecule has 0 spiro atoms. The summed E-state index contributed by atoms with van der Waals surface area (Å²) in [7, 11) is 3.04. The monoisotopic (exact) mass is 259 g/mol. The van der Waals surface area contributed by atoms with E-state index in [-0.39, 0.29) is 0 Å². The molecule has 2 N–H and O–H groups in total. The molecule has 0 saturated carbocycles. The Bertz CT molecular complexity index is 498. The summed E-state index contributed by atoms with van der Waals surface area (Å²) in [6.45, 7) is 0. The number of anilines is 1. The van der Waals surface area contributed by atoms with E-state index in [0.29, 0.717) is 0 Å². The van der Waals surface area contributed by atoms with Crippen molar-refractivity contribution in [2.24, 2.45) is 0 Å². The molecule has 0 unspecified atom stereocenters.